The summed E-state index contributed by atoms with van der Waals surface area (Å²) < 4.78 is 29.3. The van der Waals surface area contributed by atoms with Gasteiger partial charge in [0.05, 0.1) is 17.6 Å². The molecule has 0 bridgehead atoms. The molecule has 3 unspecified atom stereocenters. The van der Waals surface area contributed by atoms with Crippen molar-refractivity contribution in [1.29, 1.82) is 0 Å². The van der Waals surface area contributed by atoms with Crippen molar-refractivity contribution < 1.29 is 13.2 Å². The van der Waals surface area contributed by atoms with Crippen LogP contribution in [0.1, 0.15) is 47.0 Å². The molecule has 0 radical (unpaired) electrons. The van der Waals surface area contributed by atoms with E-state index in [2.05, 4.69) is 33.0 Å². The highest BCUT2D eigenvalue weighted by Crippen LogP contribution is 2.43. The number of nitrogens with one attached hydrogen (secondary N) is 1. The van der Waals surface area contributed by atoms with E-state index in [4.69, 9.17) is 4.74 Å². The SMILES string of the molecule is CC(C)COC1CC(NC2CCCS(=O)(=O)C2)C1(C)C. The van der Waals surface area contributed by atoms with Crippen molar-refractivity contribution in [2.45, 2.75) is 65.1 Å². The molecule has 1 saturated heterocycles. The minimum absolute atomic E-state index is 0.0934. The molecular formula is C15H29NO3S. The molecular weight excluding hydrogens is 274 g/mol. The average molecular weight is 303 g/mol. The Morgan fingerprint density at radius 1 is 1.35 bits per heavy atom. The van der Waals surface area contributed by atoms with E-state index < -0.39 is 9.84 Å². The maximum Gasteiger partial charge on any atom is 0.151 e. The van der Waals surface area contributed by atoms with Gasteiger partial charge in [0, 0.05) is 24.1 Å². The summed E-state index contributed by atoms with van der Waals surface area (Å²) in [6.07, 6.45) is 3.06. The Hall–Kier alpha value is -0.130. The first-order chi connectivity index (χ1) is 9.21. The lowest BCUT2D eigenvalue weighted by molar-refractivity contribution is -0.125. The van der Waals surface area contributed by atoms with Crippen LogP contribution in [0, 0.1) is 11.3 Å². The summed E-state index contributed by atoms with van der Waals surface area (Å²) in [6, 6.07) is 0.502. The molecule has 2 rings (SSSR count). The van der Waals surface area contributed by atoms with Gasteiger partial charge in [-0.15, -0.1) is 0 Å². The van der Waals surface area contributed by atoms with Crippen LogP contribution in [0.15, 0.2) is 0 Å². The molecule has 2 fully saturated rings. The molecule has 1 saturated carbocycles. The summed E-state index contributed by atoms with van der Waals surface area (Å²) in [7, 11) is -2.83. The molecule has 1 aliphatic heterocycles. The third kappa shape index (κ3) is 3.74. The summed E-state index contributed by atoms with van der Waals surface area (Å²) in [6.45, 7) is 9.56. The molecule has 3 atom stereocenters. The normalized spacial score (nSPS) is 35.8. The lowest BCUT2D eigenvalue weighted by Crippen LogP contribution is -2.64. The molecule has 1 aliphatic carbocycles. The van der Waals surface area contributed by atoms with E-state index in [0.717, 1.165) is 25.9 Å². The zero-order valence-corrected chi connectivity index (χ0v) is 14.0. The highest BCUT2D eigenvalue weighted by Gasteiger charge is 2.49. The Kier molecular flexibility index (Phi) is 4.82. The van der Waals surface area contributed by atoms with E-state index in [9.17, 15) is 8.42 Å². The van der Waals surface area contributed by atoms with Crippen LogP contribution in [0.25, 0.3) is 0 Å². The molecule has 4 nitrogen and oxygen atoms in total. The maximum atomic E-state index is 11.7. The van der Waals surface area contributed by atoms with Crippen LogP contribution in [0.3, 0.4) is 0 Å². The summed E-state index contributed by atoms with van der Waals surface area (Å²) in [4.78, 5) is 0. The molecule has 118 valence electrons. The molecule has 1 N–H and O–H groups in total. The van der Waals surface area contributed by atoms with Crippen LogP contribution in [-0.2, 0) is 14.6 Å². The topological polar surface area (TPSA) is 55.4 Å². The first kappa shape index (κ1) is 16.2. The number of ether oxygens (including phenoxy) is 1. The fraction of sp³-hybridized carbons (Fsp3) is 1.00. The second kappa shape index (κ2) is 5.93. The van der Waals surface area contributed by atoms with Crippen molar-refractivity contribution in [1.82, 2.24) is 5.32 Å². The zero-order valence-electron chi connectivity index (χ0n) is 13.2. The molecule has 20 heavy (non-hydrogen) atoms. The number of sulfone groups is 1. The van der Waals surface area contributed by atoms with Crippen LogP contribution in [-0.4, -0.2) is 44.7 Å². The van der Waals surface area contributed by atoms with Gasteiger partial charge in [0.25, 0.3) is 0 Å². The lowest BCUT2D eigenvalue weighted by Gasteiger charge is -2.53. The van der Waals surface area contributed by atoms with Crippen molar-refractivity contribution in [2.75, 3.05) is 18.1 Å². The average Bonchev–Trinajstić information content (AvgIpc) is 2.31. The highest BCUT2D eigenvalue weighted by molar-refractivity contribution is 7.91. The van der Waals surface area contributed by atoms with E-state index >= 15 is 0 Å². The van der Waals surface area contributed by atoms with Gasteiger partial charge in [-0.25, -0.2) is 8.42 Å². The smallest absolute Gasteiger partial charge is 0.151 e. The van der Waals surface area contributed by atoms with Gasteiger partial charge in [0.15, 0.2) is 9.84 Å². The molecule has 1 heterocycles. The van der Waals surface area contributed by atoms with Gasteiger partial charge in [-0.1, -0.05) is 27.7 Å². The number of hydrogen-bond donors (Lipinski definition) is 1. The monoisotopic (exact) mass is 303 g/mol. The lowest BCUT2D eigenvalue weighted by atomic mass is 9.64. The van der Waals surface area contributed by atoms with Crippen molar-refractivity contribution in [2.24, 2.45) is 11.3 Å². The summed E-state index contributed by atoms with van der Waals surface area (Å²) in [5.74, 6) is 1.22. The zero-order chi connectivity index (χ0) is 15.0. The van der Waals surface area contributed by atoms with Crippen LogP contribution in [0.2, 0.25) is 0 Å². The largest absolute Gasteiger partial charge is 0.377 e. The van der Waals surface area contributed by atoms with E-state index in [-0.39, 0.29) is 11.5 Å². The molecule has 0 amide bonds. The quantitative estimate of drug-likeness (QED) is 0.844. The highest BCUT2D eigenvalue weighted by atomic mass is 32.2. The van der Waals surface area contributed by atoms with Gasteiger partial charge >= 0.3 is 0 Å². The van der Waals surface area contributed by atoms with Crippen LogP contribution in [0.5, 0.6) is 0 Å². The Morgan fingerprint density at radius 3 is 2.60 bits per heavy atom. The minimum Gasteiger partial charge on any atom is -0.377 e. The van der Waals surface area contributed by atoms with Gasteiger partial charge < -0.3 is 10.1 Å². The molecule has 0 aromatic heterocycles. The molecule has 0 aromatic carbocycles. The molecule has 0 aromatic rings. The predicted molar refractivity (Wildman–Crippen MR) is 81.6 cm³/mol. The third-order valence-electron chi connectivity index (χ3n) is 4.71. The van der Waals surface area contributed by atoms with Crippen molar-refractivity contribution >= 4 is 9.84 Å². The third-order valence-corrected chi connectivity index (χ3v) is 6.53. The summed E-state index contributed by atoms with van der Waals surface area (Å²) in [5, 5.41) is 3.56. The summed E-state index contributed by atoms with van der Waals surface area (Å²) in [5.41, 5.74) is 0.0934. The van der Waals surface area contributed by atoms with Gasteiger partial charge in [-0.05, 0) is 25.2 Å². The van der Waals surface area contributed by atoms with Crippen molar-refractivity contribution in [3.63, 3.8) is 0 Å². The van der Waals surface area contributed by atoms with Gasteiger partial charge in [0.1, 0.15) is 0 Å². The van der Waals surface area contributed by atoms with Gasteiger partial charge in [-0.3, -0.25) is 0 Å². The van der Waals surface area contributed by atoms with E-state index in [1.807, 2.05) is 0 Å². The second-order valence-electron chi connectivity index (χ2n) is 7.45. The Morgan fingerprint density at radius 2 is 2.05 bits per heavy atom. The molecule has 5 heteroatoms. The summed E-state index contributed by atoms with van der Waals surface area (Å²) >= 11 is 0. The molecule has 2 aliphatic rings. The Bertz CT molecular complexity index is 430. The standard InChI is InChI=1S/C15H29NO3S/c1-11(2)9-19-14-8-13(15(14,3)4)16-12-6-5-7-20(17,18)10-12/h11-14,16H,5-10H2,1-4H3. The minimum atomic E-state index is -2.83. The van der Waals surface area contributed by atoms with E-state index in [1.165, 1.54) is 0 Å². The fourth-order valence-corrected chi connectivity index (χ4v) is 4.85. The van der Waals surface area contributed by atoms with E-state index in [1.54, 1.807) is 0 Å². The predicted octanol–water partition coefficient (Wildman–Crippen LogP) is 1.99. The van der Waals surface area contributed by atoms with Crippen molar-refractivity contribution in [3.05, 3.63) is 0 Å². The van der Waals surface area contributed by atoms with Gasteiger partial charge in [-0.2, -0.15) is 0 Å². The van der Waals surface area contributed by atoms with Crippen LogP contribution in [0.4, 0.5) is 0 Å². The van der Waals surface area contributed by atoms with Crippen LogP contribution < -0.4 is 5.32 Å². The first-order valence-corrected chi connectivity index (χ1v) is 9.61. The Balaban J connectivity index is 1.83. The Labute approximate surface area is 123 Å². The number of rotatable bonds is 5. The molecule has 0 spiro atoms. The van der Waals surface area contributed by atoms with Crippen LogP contribution >= 0.6 is 0 Å². The van der Waals surface area contributed by atoms with E-state index in [0.29, 0.717) is 29.6 Å². The fourth-order valence-electron chi connectivity index (χ4n) is 3.20. The second-order valence-corrected chi connectivity index (χ2v) is 9.67. The van der Waals surface area contributed by atoms with Crippen molar-refractivity contribution in [3.8, 4) is 0 Å². The number of hydrogen-bond acceptors (Lipinski definition) is 4. The first-order valence-electron chi connectivity index (χ1n) is 7.79. The van der Waals surface area contributed by atoms with Gasteiger partial charge in [0.2, 0.25) is 0 Å². The maximum absolute atomic E-state index is 11.7.